The number of hydrogen-bond acceptors (Lipinski definition) is 11. The van der Waals surface area contributed by atoms with Crippen molar-refractivity contribution in [2.75, 3.05) is 33.4 Å². The van der Waals surface area contributed by atoms with Gasteiger partial charge in [0.15, 0.2) is 0 Å². The highest BCUT2D eigenvalue weighted by atomic mass is 32.3. The molecule has 0 saturated heterocycles. The Morgan fingerprint density at radius 3 is 2.56 bits per heavy atom. The summed E-state index contributed by atoms with van der Waals surface area (Å²) < 4.78 is 39.3. The zero-order chi connectivity index (χ0) is 26.3. The number of nitrogens with two attached hydrogens (primary N) is 1. The lowest BCUT2D eigenvalue weighted by atomic mass is 10.1. The molecule has 15 heteroatoms. The quantitative estimate of drug-likeness (QED) is 0.177. The average molecular weight is 561 g/mol. The molecule has 1 aliphatic rings. The fourth-order valence-corrected chi connectivity index (χ4v) is 7.71. The number of carbonyl (C=O) groups is 1. The molecule has 2 heterocycles. The second-order valence-electron chi connectivity index (χ2n) is 7.81. The maximum absolute atomic E-state index is 13.2. The zero-order valence-electron chi connectivity index (χ0n) is 19.8. The largest absolute Gasteiger partial charge is 0.445 e. The highest BCUT2D eigenvalue weighted by Crippen LogP contribution is 2.43. The van der Waals surface area contributed by atoms with E-state index in [0.29, 0.717) is 40.5 Å². The molecule has 12 nitrogen and oxygen atoms in total. The second-order valence-corrected chi connectivity index (χ2v) is 11.9. The third-order valence-electron chi connectivity index (χ3n) is 5.56. The lowest BCUT2D eigenvalue weighted by Gasteiger charge is -2.37. The first-order valence-electron chi connectivity index (χ1n) is 11.0. The van der Waals surface area contributed by atoms with Crippen LogP contribution >= 0.6 is 23.3 Å². The number of fused-ring (bicyclic) bond motifs is 1. The van der Waals surface area contributed by atoms with Crippen LogP contribution in [0.15, 0.2) is 38.8 Å². The van der Waals surface area contributed by atoms with Gasteiger partial charge in [-0.05, 0) is 42.5 Å². The van der Waals surface area contributed by atoms with Gasteiger partial charge in [-0.15, -0.1) is 21.5 Å². The number of ether oxygens (including phenoxy) is 2. The van der Waals surface area contributed by atoms with Crippen LogP contribution in [0.5, 0.6) is 0 Å². The Kier molecular flexibility index (Phi) is 9.92. The van der Waals surface area contributed by atoms with Crippen molar-refractivity contribution in [2.24, 2.45) is 5.14 Å². The molecule has 0 aliphatic carbocycles. The van der Waals surface area contributed by atoms with Gasteiger partial charge in [0.2, 0.25) is 0 Å². The molecule has 1 atom stereocenters. The molecule has 1 amide bonds. The first-order chi connectivity index (χ1) is 17.2. The van der Waals surface area contributed by atoms with E-state index in [-0.39, 0.29) is 30.5 Å². The van der Waals surface area contributed by atoms with Crippen LogP contribution in [0.2, 0.25) is 0 Å². The van der Waals surface area contributed by atoms with E-state index in [1.54, 1.807) is 44.4 Å². The van der Waals surface area contributed by atoms with Crippen LogP contribution in [-0.2, 0) is 37.5 Å². The summed E-state index contributed by atoms with van der Waals surface area (Å²) in [6, 6.07) is 7.86. The van der Waals surface area contributed by atoms with Crippen LogP contribution < -0.4 is 5.14 Å². The van der Waals surface area contributed by atoms with E-state index in [1.165, 1.54) is 9.21 Å². The van der Waals surface area contributed by atoms with Gasteiger partial charge in [0.1, 0.15) is 17.4 Å². The molecule has 0 saturated carbocycles. The molecular weight excluding hydrogens is 532 g/mol. The summed E-state index contributed by atoms with van der Waals surface area (Å²) in [7, 11) is -2.17. The van der Waals surface area contributed by atoms with Crippen molar-refractivity contribution in [3.8, 4) is 0 Å². The Bertz CT molecular complexity index is 1160. The number of carbonyl (C=O) groups excluding carboxylic acids is 1. The van der Waals surface area contributed by atoms with E-state index in [0.717, 1.165) is 23.3 Å². The highest BCUT2D eigenvalue weighted by Gasteiger charge is 2.42. The summed E-state index contributed by atoms with van der Waals surface area (Å²) in [5.41, 5.74) is 1.83. The standard InChI is InChI=1S/C21H28N4O8S3/c1-3-24(21(26)32-13-15-5-7-16(8-6-15)14-33-25(27)28)18-12-23(9-4-10-31-2)36(29,30)20-17(18)11-19(34-20)35-22/h5-8,11,18H,3-4,9-10,12-14,22H2,1-2H3/t18-/m0/s1. The summed E-state index contributed by atoms with van der Waals surface area (Å²) in [6.45, 7) is 2.67. The molecule has 1 aliphatic heterocycles. The molecule has 2 N–H and O–H groups in total. The van der Waals surface area contributed by atoms with Gasteiger partial charge in [0.25, 0.3) is 15.1 Å². The Morgan fingerprint density at radius 1 is 1.31 bits per heavy atom. The van der Waals surface area contributed by atoms with Gasteiger partial charge in [-0.2, -0.15) is 4.31 Å². The first-order valence-corrected chi connectivity index (χ1v) is 14.1. The minimum Gasteiger partial charge on any atom is -0.445 e. The lowest BCUT2D eigenvalue weighted by molar-refractivity contribution is -0.763. The van der Waals surface area contributed by atoms with Gasteiger partial charge in [0, 0.05) is 38.9 Å². The number of benzene rings is 1. The molecule has 1 aromatic carbocycles. The van der Waals surface area contributed by atoms with Gasteiger partial charge in [-0.3, -0.25) is 5.14 Å². The van der Waals surface area contributed by atoms with Crippen molar-refractivity contribution < 1.29 is 32.6 Å². The van der Waals surface area contributed by atoms with Crippen molar-refractivity contribution in [2.45, 2.75) is 41.0 Å². The predicted octanol–water partition coefficient (Wildman–Crippen LogP) is 3.16. The third-order valence-corrected chi connectivity index (χ3v) is 9.78. The van der Waals surface area contributed by atoms with Gasteiger partial charge in [-0.1, -0.05) is 24.3 Å². The van der Waals surface area contributed by atoms with Gasteiger partial charge in [-0.25, -0.2) is 13.2 Å². The first kappa shape index (κ1) is 28.1. The molecule has 0 bridgehead atoms. The van der Waals surface area contributed by atoms with E-state index in [1.807, 2.05) is 0 Å². The zero-order valence-corrected chi connectivity index (χ0v) is 22.3. The van der Waals surface area contributed by atoms with Crippen LogP contribution in [0.25, 0.3) is 0 Å². The molecule has 0 unspecified atom stereocenters. The van der Waals surface area contributed by atoms with Crippen LogP contribution in [0, 0.1) is 10.1 Å². The van der Waals surface area contributed by atoms with Crippen LogP contribution in [-0.4, -0.2) is 62.2 Å². The summed E-state index contributed by atoms with van der Waals surface area (Å²) in [5, 5.41) is 15.2. The Labute approximate surface area is 217 Å². The fraction of sp³-hybridized carbons (Fsp3) is 0.476. The van der Waals surface area contributed by atoms with Gasteiger partial charge >= 0.3 is 6.09 Å². The lowest BCUT2D eigenvalue weighted by Crippen LogP contribution is -2.47. The molecule has 198 valence electrons. The monoisotopic (exact) mass is 560 g/mol. The van der Waals surface area contributed by atoms with Gasteiger partial charge in [0.05, 0.1) is 10.3 Å². The highest BCUT2D eigenvalue weighted by molar-refractivity contribution is 7.99. The number of thiophene rings is 1. The number of methoxy groups -OCH3 is 1. The van der Waals surface area contributed by atoms with Crippen LogP contribution in [0.4, 0.5) is 4.79 Å². The Morgan fingerprint density at radius 2 is 1.97 bits per heavy atom. The molecule has 3 rings (SSSR count). The van der Waals surface area contributed by atoms with Crippen molar-refractivity contribution in [3.05, 3.63) is 57.1 Å². The second kappa shape index (κ2) is 12.7. The molecule has 1 aromatic heterocycles. The molecular formula is C21H28N4O8S3. The SMILES string of the molecule is CCN(C(=O)OCc1ccc(CO[N+](=O)[O-])cc1)[C@H]1CN(CCCOC)S(=O)(=O)c2sc(SN)cc21. The fourth-order valence-electron chi connectivity index (χ4n) is 3.79. The maximum Gasteiger partial charge on any atom is 0.410 e. The number of rotatable bonds is 12. The van der Waals surface area contributed by atoms with Crippen LogP contribution in [0.1, 0.15) is 36.1 Å². The molecule has 0 fully saturated rings. The number of nitrogens with zero attached hydrogens (tertiary/aromatic N) is 3. The Balaban J connectivity index is 1.76. The van der Waals surface area contributed by atoms with Crippen molar-refractivity contribution in [1.29, 1.82) is 0 Å². The number of sulfonamides is 1. The summed E-state index contributed by atoms with van der Waals surface area (Å²) in [5.74, 6) is 0. The van der Waals surface area contributed by atoms with Crippen molar-refractivity contribution in [3.63, 3.8) is 0 Å². The minimum atomic E-state index is -3.73. The van der Waals surface area contributed by atoms with Crippen molar-refractivity contribution in [1.82, 2.24) is 9.21 Å². The van der Waals surface area contributed by atoms with E-state index in [2.05, 4.69) is 4.84 Å². The van der Waals surface area contributed by atoms with Crippen LogP contribution in [0.3, 0.4) is 0 Å². The summed E-state index contributed by atoms with van der Waals surface area (Å²) >= 11 is 2.06. The van der Waals surface area contributed by atoms with Gasteiger partial charge < -0.3 is 19.2 Å². The smallest absolute Gasteiger partial charge is 0.410 e. The normalized spacial score (nSPS) is 16.8. The van der Waals surface area contributed by atoms with E-state index >= 15 is 0 Å². The minimum absolute atomic E-state index is 0.0192. The Hall–Kier alpha value is -2.43. The third kappa shape index (κ3) is 6.66. The molecule has 2 aromatic rings. The predicted molar refractivity (Wildman–Crippen MR) is 133 cm³/mol. The summed E-state index contributed by atoms with van der Waals surface area (Å²) in [4.78, 5) is 29.3. The van der Waals surface area contributed by atoms with E-state index in [4.69, 9.17) is 14.6 Å². The molecule has 36 heavy (non-hydrogen) atoms. The van der Waals surface area contributed by atoms with Crippen molar-refractivity contribution >= 4 is 39.4 Å². The van der Waals surface area contributed by atoms with E-state index in [9.17, 15) is 23.3 Å². The number of hydrogen-bond donors (Lipinski definition) is 1. The number of amides is 1. The summed E-state index contributed by atoms with van der Waals surface area (Å²) in [6.07, 6.45) is -0.0699. The van der Waals surface area contributed by atoms with E-state index < -0.39 is 27.2 Å². The molecule has 0 radical (unpaired) electrons. The topological polar surface area (TPSA) is 155 Å². The number of likely N-dealkylation sites (N-methyl/N-ethyl adjacent to an activating group) is 1. The maximum atomic E-state index is 13.2. The molecule has 0 spiro atoms. The average Bonchev–Trinajstić information content (AvgIpc) is 3.31.